The maximum atomic E-state index is 13.1. The molecule has 2 aromatic heterocycles. The quantitative estimate of drug-likeness (QED) is 0.369. The van der Waals surface area contributed by atoms with E-state index in [4.69, 9.17) is 9.26 Å². The van der Waals surface area contributed by atoms with Gasteiger partial charge in [0.25, 0.3) is 10.0 Å². The number of ether oxygens (including phenoxy) is 1. The van der Waals surface area contributed by atoms with E-state index in [1.165, 1.54) is 0 Å². The Morgan fingerprint density at radius 2 is 1.62 bits per heavy atom. The Balaban J connectivity index is 1.56. The van der Waals surface area contributed by atoms with E-state index in [9.17, 15) is 8.42 Å². The number of aryl methyl sites for hydroxylation is 3. The van der Waals surface area contributed by atoms with Crippen molar-refractivity contribution in [3.63, 3.8) is 0 Å². The minimum atomic E-state index is -3.88. The summed E-state index contributed by atoms with van der Waals surface area (Å²) in [5, 5.41) is 3.82. The lowest BCUT2D eigenvalue weighted by molar-refractivity contribution is 0.303. The number of sulfonamides is 1. The number of anilines is 1. The maximum Gasteiger partial charge on any atom is 0.264 e. The molecule has 0 fully saturated rings. The van der Waals surface area contributed by atoms with Crippen LogP contribution in [0.15, 0.2) is 64.0 Å². The van der Waals surface area contributed by atoms with Crippen LogP contribution in [-0.2, 0) is 16.6 Å². The van der Waals surface area contributed by atoms with Crippen molar-refractivity contribution in [2.45, 2.75) is 46.1 Å². The van der Waals surface area contributed by atoms with Gasteiger partial charge in [-0.25, -0.2) is 13.1 Å². The topological polar surface area (TPSA) is 94.3 Å². The van der Waals surface area contributed by atoms with E-state index >= 15 is 0 Å². The second-order valence-electron chi connectivity index (χ2n) is 8.28. The molecule has 0 aliphatic heterocycles. The first-order valence-electron chi connectivity index (χ1n) is 10.9. The highest BCUT2D eigenvalue weighted by Gasteiger charge is 2.22. The lowest BCUT2D eigenvalue weighted by Gasteiger charge is -2.13. The predicted octanol–water partition coefficient (Wildman–Crippen LogP) is 5.66. The summed E-state index contributed by atoms with van der Waals surface area (Å²) in [5.41, 5.74) is 6.52. The van der Waals surface area contributed by atoms with Crippen molar-refractivity contribution in [2.24, 2.45) is 0 Å². The number of hydrogen-bond donors (Lipinski definition) is 1. The van der Waals surface area contributed by atoms with Crippen molar-refractivity contribution < 1.29 is 17.7 Å². The minimum absolute atomic E-state index is 0.122. The van der Waals surface area contributed by atoms with E-state index in [1.54, 1.807) is 32.0 Å². The van der Waals surface area contributed by atoms with Crippen molar-refractivity contribution in [2.75, 3.05) is 4.72 Å². The Kier molecular flexibility index (Phi) is 6.43. The first-order chi connectivity index (χ1) is 16.2. The highest BCUT2D eigenvalue weighted by Crippen LogP contribution is 2.30. The van der Waals surface area contributed by atoms with Gasteiger partial charge < -0.3 is 9.26 Å². The minimum Gasteiger partial charge on any atom is -0.488 e. The van der Waals surface area contributed by atoms with Crippen LogP contribution in [-0.4, -0.2) is 18.6 Å². The van der Waals surface area contributed by atoms with Gasteiger partial charge in [0, 0.05) is 34.1 Å². The van der Waals surface area contributed by atoms with Crippen LogP contribution in [0.1, 0.15) is 33.8 Å². The molecule has 34 heavy (non-hydrogen) atoms. The number of nitrogens with one attached hydrogen (secondary N) is 1. The van der Waals surface area contributed by atoms with Crippen LogP contribution >= 0.6 is 0 Å². The number of nitrogens with zero attached hydrogens (tertiary/aromatic N) is 2. The summed E-state index contributed by atoms with van der Waals surface area (Å²) in [4.78, 5) is 4.61. The van der Waals surface area contributed by atoms with Gasteiger partial charge in [-0.05, 0) is 51.8 Å². The molecule has 176 valence electrons. The van der Waals surface area contributed by atoms with Crippen LogP contribution < -0.4 is 9.46 Å². The van der Waals surface area contributed by atoms with Gasteiger partial charge in [-0.15, -0.1) is 0 Å². The molecule has 0 spiro atoms. The van der Waals surface area contributed by atoms with Crippen molar-refractivity contribution in [1.82, 2.24) is 10.1 Å². The Hall–Kier alpha value is -3.65. The van der Waals surface area contributed by atoms with Crippen LogP contribution in [0.4, 0.5) is 5.88 Å². The van der Waals surface area contributed by atoms with Crippen LogP contribution in [0.2, 0.25) is 0 Å². The number of aromatic nitrogens is 2. The van der Waals surface area contributed by atoms with E-state index in [2.05, 4.69) is 14.9 Å². The fourth-order valence-electron chi connectivity index (χ4n) is 3.58. The summed E-state index contributed by atoms with van der Waals surface area (Å²) in [6, 6.07) is 16.5. The van der Waals surface area contributed by atoms with Crippen molar-refractivity contribution in [3.8, 4) is 16.9 Å². The second-order valence-corrected chi connectivity index (χ2v) is 9.93. The summed E-state index contributed by atoms with van der Waals surface area (Å²) in [6.07, 6.45) is 0. The van der Waals surface area contributed by atoms with Crippen molar-refractivity contribution >= 4 is 15.9 Å². The first kappa shape index (κ1) is 23.5. The standard InChI is InChI=1S/C26H27N3O4S/c1-16-14-24(17(2)19(4)27-16)32-15-21-10-12-22(13-11-21)23-8-6-7-9-25(23)34(30,31)29-26-18(3)20(5)28-33-26/h6-14,29H,15H2,1-5H3. The molecule has 8 heteroatoms. The van der Waals surface area contributed by atoms with Gasteiger partial charge in [0.2, 0.25) is 5.88 Å². The van der Waals surface area contributed by atoms with Crippen molar-refractivity contribution in [3.05, 3.63) is 88.4 Å². The number of hydrogen-bond acceptors (Lipinski definition) is 6. The van der Waals surface area contributed by atoms with Crippen molar-refractivity contribution in [1.29, 1.82) is 0 Å². The second kappa shape index (κ2) is 9.30. The van der Waals surface area contributed by atoms with Gasteiger partial charge >= 0.3 is 0 Å². The Labute approximate surface area is 199 Å². The van der Waals surface area contributed by atoms with Gasteiger partial charge in [0.15, 0.2) is 0 Å². The van der Waals surface area contributed by atoms with Gasteiger partial charge in [0.05, 0.1) is 10.6 Å². The Morgan fingerprint density at radius 3 is 2.29 bits per heavy atom. The molecule has 0 aliphatic rings. The molecular formula is C26H27N3O4S. The van der Waals surface area contributed by atoms with Crippen LogP contribution in [0, 0.1) is 34.6 Å². The number of benzene rings is 2. The molecule has 7 nitrogen and oxygen atoms in total. The fourth-order valence-corrected chi connectivity index (χ4v) is 4.85. The van der Waals surface area contributed by atoms with E-state index < -0.39 is 10.0 Å². The van der Waals surface area contributed by atoms with Gasteiger partial charge in [0.1, 0.15) is 12.4 Å². The summed E-state index contributed by atoms with van der Waals surface area (Å²) < 4.78 is 40.0. The van der Waals surface area contributed by atoms with E-state index in [0.29, 0.717) is 23.4 Å². The lowest BCUT2D eigenvalue weighted by Crippen LogP contribution is -2.14. The SMILES string of the molecule is Cc1cc(OCc2ccc(-c3ccccc3S(=O)(=O)Nc3onc(C)c3C)cc2)c(C)c(C)n1. The first-order valence-corrected chi connectivity index (χ1v) is 12.4. The maximum absolute atomic E-state index is 13.1. The highest BCUT2D eigenvalue weighted by molar-refractivity contribution is 7.92. The molecule has 2 aromatic carbocycles. The van der Waals surface area contributed by atoms with Crippen LogP contribution in [0.5, 0.6) is 5.75 Å². The molecule has 0 saturated heterocycles. The molecule has 1 N–H and O–H groups in total. The normalized spacial score (nSPS) is 11.4. The molecule has 0 aliphatic carbocycles. The van der Waals surface area contributed by atoms with Crippen LogP contribution in [0.3, 0.4) is 0 Å². The molecule has 2 heterocycles. The van der Waals surface area contributed by atoms with E-state index in [-0.39, 0.29) is 10.8 Å². The molecule has 0 atom stereocenters. The largest absolute Gasteiger partial charge is 0.488 e. The average molecular weight is 478 g/mol. The molecule has 4 rings (SSSR count). The summed E-state index contributed by atoms with van der Waals surface area (Å²) in [6.45, 7) is 9.82. The zero-order valence-corrected chi connectivity index (χ0v) is 20.7. The zero-order chi connectivity index (χ0) is 24.5. The van der Waals surface area contributed by atoms with Gasteiger partial charge in [-0.3, -0.25) is 4.98 Å². The van der Waals surface area contributed by atoms with E-state index in [0.717, 1.165) is 33.8 Å². The number of pyridine rings is 1. The third-order valence-electron chi connectivity index (χ3n) is 5.82. The Morgan fingerprint density at radius 1 is 0.912 bits per heavy atom. The van der Waals surface area contributed by atoms with Gasteiger partial charge in [-0.2, -0.15) is 0 Å². The number of rotatable bonds is 7. The monoisotopic (exact) mass is 477 g/mol. The molecule has 4 aromatic rings. The zero-order valence-electron chi connectivity index (χ0n) is 19.8. The molecule has 0 unspecified atom stereocenters. The summed E-state index contributed by atoms with van der Waals surface area (Å²) >= 11 is 0. The van der Waals surface area contributed by atoms with E-state index in [1.807, 2.05) is 57.2 Å². The molecular weight excluding hydrogens is 450 g/mol. The summed E-state index contributed by atoms with van der Waals surface area (Å²) in [5.74, 6) is 0.936. The van der Waals surface area contributed by atoms with Gasteiger partial charge in [-0.1, -0.05) is 47.6 Å². The molecule has 0 amide bonds. The fraction of sp³-hybridized carbons (Fsp3) is 0.231. The smallest absolute Gasteiger partial charge is 0.264 e. The Bertz CT molecular complexity index is 1440. The average Bonchev–Trinajstić information content (AvgIpc) is 3.12. The molecule has 0 bridgehead atoms. The highest BCUT2D eigenvalue weighted by atomic mass is 32.2. The summed E-state index contributed by atoms with van der Waals surface area (Å²) in [7, 11) is -3.88. The van der Waals surface area contributed by atoms with Crippen LogP contribution in [0.25, 0.3) is 11.1 Å². The molecule has 0 saturated carbocycles. The third-order valence-corrected chi connectivity index (χ3v) is 7.21. The lowest BCUT2D eigenvalue weighted by atomic mass is 10.0. The molecule has 0 radical (unpaired) electrons. The predicted molar refractivity (Wildman–Crippen MR) is 131 cm³/mol. The third kappa shape index (κ3) is 4.82.